The van der Waals surface area contributed by atoms with Gasteiger partial charge in [0.2, 0.25) is 0 Å². The number of nitrogens with one attached hydrogen (secondary N) is 4. The van der Waals surface area contributed by atoms with Crippen LogP contribution in [0.1, 0.15) is 0 Å². The Bertz CT molecular complexity index is 458. The summed E-state index contributed by atoms with van der Waals surface area (Å²) in [4.78, 5) is 50.0. The molecule has 36 heavy (non-hydrogen) atoms. The zero-order chi connectivity index (χ0) is 30.0. The molecule has 0 amide bonds. The van der Waals surface area contributed by atoms with Gasteiger partial charge in [0.05, 0.1) is 111 Å². The lowest BCUT2D eigenvalue weighted by molar-refractivity contribution is -0.836. The van der Waals surface area contributed by atoms with E-state index >= 15 is 0 Å². The number of nitrogens with zero attached hydrogens (tertiary/aromatic N) is 2. The van der Waals surface area contributed by atoms with Gasteiger partial charge in [0.1, 0.15) is 0 Å². The fourth-order valence-electron chi connectivity index (χ4n) is 1.48. The molecule has 8 N–H and O–H groups in total. The minimum atomic E-state index is -1.23. The fourth-order valence-corrected chi connectivity index (χ4v) is 1.48. The molecule has 0 rings (SSSR count). The summed E-state index contributed by atoms with van der Waals surface area (Å²) in [6.07, 6.45) is 0. The number of carboxylic acid groups (broad SMARTS) is 4. The van der Waals surface area contributed by atoms with Crippen LogP contribution in [0.3, 0.4) is 0 Å². The van der Waals surface area contributed by atoms with E-state index in [1.54, 1.807) is 0 Å². The summed E-state index contributed by atoms with van der Waals surface area (Å²) in [5.74, 6) is -4.91. The van der Waals surface area contributed by atoms with Gasteiger partial charge < -0.3 is 40.0 Å². The van der Waals surface area contributed by atoms with E-state index in [2.05, 4.69) is 84.6 Å². The van der Waals surface area contributed by atoms with Gasteiger partial charge in [-0.3, -0.25) is 29.0 Å². The van der Waals surface area contributed by atoms with Gasteiger partial charge in [-0.05, 0) is 0 Å². The van der Waals surface area contributed by atoms with Crippen LogP contribution in [0, 0.1) is 0 Å². The topological polar surface area (TPSA) is 173 Å². The summed E-state index contributed by atoms with van der Waals surface area (Å²) >= 11 is 0. The molecule has 0 spiro atoms. The Morgan fingerprint density at radius 3 is 0.611 bits per heavy atom. The largest absolute Gasteiger partial charge is 0.480 e. The number of hydrogen-bond acceptors (Lipinski definition) is 6. The first-order valence-corrected chi connectivity index (χ1v) is 11.5. The van der Waals surface area contributed by atoms with E-state index in [-0.39, 0.29) is 13.1 Å². The van der Waals surface area contributed by atoms with Gasteiger partial charge in [0.25, 0.3) is 0 Å². The van der Waals surface area contributed by atoms with E-state index < -0.39 is 50.1 Å². The van der Waals surface area contributed by atoms with Crippen LogP contribution in [-0.4, -0.2) is 178 Å². The lowest BCUT2D eigenvalue weighted by Gasteiger charge is -2.23. The molecule has 0 bridgehead atoms. The molecule has 0 fully saturated rings. The van der Waals surface area contributed by atoms with Crippen LogP contribution >= 0.6 is 0 Å². The number of aliphatic carboxylic acids is 4. The van der Waals surface area contributed by atoms with Crippen LogP contribution in [-0.2, 0) is 19.2 Å². The molecule has 0 radical (unpaired) electrons. The van der Waals surface area contributed by atoms with Crippen molar-refractivity contribution in [1.82, 2.24) is 9.80 Å². The molecular weight excluding hydrogens is 476 g/mol. The molecule has 218 valence electrons. The highest BCUT2D eigenvalue weighted by molar-refractivity contribution is 5.73. The van der Waals surface area contributed by atoms with Gasteiger partial charge in [-0.15, -0.1) is 0 Å². The first-order chi connectivity index (χ1) is 16.1. The normalized spacial score (nSPS) is 9.94. The van der Waals surface area contributed by atoms with Crippen LogP contribution in [0.4, 0.5) is 0 Å². The zero-order valence-corrected chi connectivity index (χ0v) is 24.6. The SMILES string of the molecule is C[NH+](C)C.C[NH+](C)C.C[NH+](C)C.C[NH+](C)C.O=C(O)CN(CCN(CC(=O)O)CC(=O)O)CC(=O)O. The fraction of sp³-hybridized carbons (Fsp3) is 0.818. The molecule has 0 saturated carbocycles. The summed E-state index contributed by atoms with van der Waals surface area (Å²) < 4.78 is 0. The third-order valence-corrected chi connectivity index (χ3v) is 2.17. The third kappa shape index (κ3) is 85.5. The first-order valence-electron chi connectivity index (χ1n) is 11.5. The highest BCUT2D eigenvalue weighted by Gasteiger charge is 2.17. The molecule has 0 aromatic heterocycles. The zero-order valence-electron chi connectivity index (χ0n) is 24.6. The van der Waals surface area contributed by atoms with E-state index in [0.29, 0.717) is 0 Å². The molecule has 0 atom stereocenters. The molecule has 0 unspecified atom stereocenters. The molecule has 14 heteroatoms. The molecule has 14 nitrogen and oxygen atoms in total. The van der Waals surface area contributed by atoms with Gasteiger partial charge in [0.15, 0.2) is 0 Å². The van der Waals surface area contributed by atoms with Crippen molar-refractivity contribution < 1.29 is 59.2 Å². The molecule has 0 aromatic rings. The Morgan fingerprint density at radius 2 is 0.528 bits per heavy atom. The van der Waals surface area contributed by atoms with Crippen molar-refractivity contribution >= 4 is 23.9 Å². The predicted octanol–water partition coefficient (Wildman–Crippen LogP) is -7.03. The minimum Gasteiger partial charge on any atom is -0.480 e. The van der Waals surface area contributed by atoms with Crippen molar-refractivity contribution in [2.75, 3.05) is 124 Å². The van der Waals surface area contributed by atoms with Crippen molar-refractivity contribution in [3.8, 4) is 0 Å². The Hall–Kier alpha value is -2.36. The lowest BCUT2D eigenvalue weighted by atomic mass is 10.4. The van der Waals surface area contributed by atoms with Crippen LogP contribution in [0.5, 0.6) is 0 Å². The second-order valence-corrected chi connectivity index (χ2v) is 10.00. The van der Waals surface area contributed by atoms with Crippen molar-refractivity contribution in [2.45, 2.75) is 0 Å². The summed E-state index contributed by atoms with van der Waals surface area (Å²) in [6.45, 7) is -2.25. The molecule has 0 aromatic carbocycles. The molecule has 0 saturated heterocycles. The highest BCUT2D eigenvalue weighted by atomic mass is 16.4. The van der Waals surface area contributed by atoms with Gasteiger partial charge in [-0.1, -0.05) is 0 Å². The number of carbonyl (C=O) groups is 4. The predicted molar refractivity (Wildman–Crippen MR) is 138 cm³/mol. The average Bonchev–Trinajstić information content (AvgIpc) is 2.55. The van der Waals surface area contributed by atoms with Crippen molar-refractivity contribution in [2.24, 2.45) is 0 Å². The Labute approximate surface area is 217 Å². The molecule has 0 aliphatic carbocycles. The molecular formula is C22H56N6O8+4. The monoisotopic (exact) mass is 532 g/mol. The highest BCUT2D eigenvalue weighted by Crippen LogP contribution is 1.94. The molecule has 0 aliphatic rings. The molecule has 0 aliphatic heterocycles. The quantitative estimate of drug-likeness (QED) is 0.128. The number of quaternary nitrogens is 4. The Kier molecular flexibility index (Phi) is 35.0. The second kappa shape index (κ2) is 28.9. The summed E-state index contributed by atoms with van der Waals surface area (Å²) in [6, 6.07) is 0. The Balaban J connectivity index is -0.000000161. The van der Waals surface area contributed by atoms with E-state index in [1.807, 2.05) is 0 Å². The third-order valence-electron chi connectivity index (χ3n) is 2.17. The maximum atomic E-state index is 10.6. The summed E-state index contributed by atoms with van der Waals surface area (Å²) in [5, 5.41) is 34.5. The van der Waals surface area contributed by atoms with Gasteiger partial charge >= 0.3 is 23.9 Å². The molecule has 0 heterocycles. The van der Waals surface area contributed by atoms with Gasteiger partial charge in [0, 0.05) is 13.1 Å². The van der Waals surface area contributed by atoms with Crippen LogP contribution in [0.15, 0.2) is 0 Å². The van der Waals surface area contributed by atoms with Crippen molar-refractivity contribution in [1.29, 1.82) is 0 Å². The number of hydrogen-bond donors (Lipinski definition) is 8. The summed E-state index contributed by atoms with van der Waals surface area (Å²) in [7, 11) is 25.0. The maximum Gasteiger partial charge on any atom is 0.317 e. The summed E-state index contributed by atoms with van der Waals surface area (Å²) in [5.41, 5.74) is 0. The van der Waals surface area contributed by atoms with Crippen molar-refractivity contribution in [3.63, 3.8) is 0 Å². The van der Waals surface area contributed by atoms with Gasteiger partial charge in [-0.2, -0.15) is 0 Å². The standard InChI is InChI=1S/C10H16N2O8.4C3H9N/c13-7(14)3-11(4-8(15)16)1-2-12(5-9(17)18)6-10(19)20;4*1-4(2)3/h1-6H2,(H,13,14)(H,15,16)(H,17,18)(H,19,20);4*1-3H3/p+4. The second-order valence-electron chi connectivity index (χ2n) is 10.00. The van der Waals surface area contributed by atoms with Crippen LogP contribution in [0.25, 0.3) is 0 Å². The maximum absolute atomic E-state index is 10.6. The van der Waals surface area contributed by atoms with Crippen LogP contribution < -0.4 is 19.6 Å². The smallest absolute Gasteiger partial charge is 0.317 e. The van der Waals surface area contributed by atoms with E-state index in [0.717, 1.165) is 9.80 Å². The average molecular weight is 533 g/mol. The minimum absolute atomic E-state index is 0.0703. The van der Waals surface area contributed by atoms with E-state index in [9.17, 15) is 19.2 Å². The van der Waals surface area contributed by atoms with Crippen molar-refractivity contribution in [3.05, 3.63) is 0 Å². The van der Waals surface area contributed by atoms with Crippen LogP contribution in [0.2, 0.25) is 0 Å². The lowest BCUT2D eigenvalue weighted by Crippen LogP contribution is -3.02. The first kappa shape index (κ1) is 43.7. The van der Waals surface area contributed by atoms with E-state index in [1.165, 1.54) is 19.6 Å². The van der Waals surface area contributed by atoms with E-state index in [4.69, 9.17) is 20.4 Å². The number of rotatable bonds is 11. The van der Waals surface area contributed by atoms with Gasteiger partial charge in [-0.25, -0.2) is 0 Å². The Morgan fingerprint density at radius 1 is 0.417 bits per heavy atom. The number of carboxylic acids is 4.